The highest BCUT2D eigenvalue weighted by atomic mass is 35.5. The van der Waals surface area contributed by atoms with E-state index >= 15 is 0 Å². The van der Waals surface area contributed by atoms with E-state index in [0.717, 1.165) is 25.9 Å². The number of hydrogen-bond donors (Lipinski definition) is 1. The molecule has 0 saturated carbocycles. The average molecular weight is 379 g/mol. The molecule has 0 aliphatic carbocycles. The molecule has 0 amide bonds. The summed E-state index contributed by atoms with van der Waals surface area (Å²) >= 11 is 5.96. The third-order valence-electron chi connectivity index (χ3n) is 4.47. The van der Waals surface area contributed by atoms with Gasteiger partial charge in [0.15, 0.2) is 0 Å². The van der Waals surface area contributed by atoms with Gasteiger partial charge in [-0.1, -0.05) is 35.9 Å². The van der Waals surface area contributed by atoms with Gasteiger partial charge in [0.05, 0.1) is 5.02 Å². The van der Waals surface area contributed by atoms with Crippen molar-refractivity contribution in [2.24, 2.45) is 0 Å². The molecule has 1 N–H and O–H groups in total. The topological polar surface area (TPSA) is 49.4 Å². The van der Waals surface area contributed by atoms with Crippen LogP contribution >= 0.6 is 11.6 Å². The Morgan fingerprint density at radius 3 is 2.36 bits per heavy atom. The Hall–Kier alpha value is -1.56. The van der Waals surface area contributed by atoms with Crippen LogP contribution in [-0.2, 0) is 16.4 Å². The molecule has 1 heterocycles. The summed E-state index contributed by atoms with van der Waals surface area (Å²) in [6, 6.07) is 15.1. The zero-order chi connectivity index (χ0) is 17.7. The molecular formula is C19H23ClN2O2S. The van der Waals surface area contributed by atoms with Crippen LogP contribution in [0.3, 0.4) is 0 Å². The lowest BCUT2D eigenvalue weighted by atomic mass is 10.1. The van der Waals surface area contributed by atoms with E-state index in [1.54, 1.807) is 18.2 Å². The summed E-state index contributed by atoms with van der Waals surface area (Å²) in [4.78, 5) is 2.54. The number of nitrogens with one attached hydrogen (secondary N) is 1. The molecule has 25 heavy (non-hydrogen) atoms. The van der Waals surface area contributed by atoms with Gasteiger partial charge in [0.1, 0.15) is 4.90 Å². The quantitative estimate of drug-likeness (QED) is 0.744. The zero-order valence-corrected chi connectivity index (χ0v) is 15.7. The average Bonchev–Trinajstić information content (AvgIpc) is 3.14. The lowest BCUT2D eigenvalue weighted by molar-refractivity contribution is 0.579. The van der Waals surface area contributed by atoms with E-state index in [9.17, 15) is 8.42 Å². The largest absolute Gasteiger partial charge is 0.372 e. The maximum absolute atomic E-state index is 12.3. The lowest BCUT2D eigenvalue weighted by Gasteiger charge is -2.17. The maximum atomic E-state index is 12.3. The fraction of sp³-hybridized carbons (Fsp3) is 0.368. The minimum Gasteiger partial charge on any atom is -0.372 e. The van der Waals surface area contributed by atoms with Gasteiger partial charge in [0, 0.05) is 25.3 Å². The van der Waals surface area contributed by atoms with E-state index in [4.69, 9.17) is 11.6 Å². The van der Waals surface area contributed by atoms with Crippen LogP contribution in [0, 0.1) is 0 Å². The molecule has 1 aliphatic heterocycles. The molecule has 1 fully saturated rings. The van der Waals surface area contributed by atoms with E-state index in [2.05, 4.69) is 33.9 Å². The summed E-state index contributed by atoms with van der Waals surface area (Å²) in [5.74, 6) is 0. The van der Waals surface area contributed by atoms with Crippen molar-refractivity contribution in [3.05, 3.63) is 59.1 Å². The monoisotopic (exact) mass is 378 g/mol. The first-order valence-electron chi connectivity index (χ1n) is 8.64. The molecule has 1 aliphatic rings. The Morgan fingerprint density at radius 2 is 1.68 bits per heavy atom. The lowest BCUT2D eigenvalue weighted by Crippen LogP contribution is -2.25. The van der Waals surface area contributed by atoms with Gasteiger partial charge in [0.2, 0.25) is 10.0 Å². The van der Waals surface area contributed by atoms with Crippen molar-refractivity contribution in [1.82, 2.24) is 4.72 Å². The first-order chi connectivity index (χ1) is 12.1. The normalized spacial score (nSPS) is 14.8. The number of anilines is 1. The predicted octanol–water partition coefficient (Wildman–Crippen LogP) is 3.85. The minimum absolute atomic E-state index is 0.131. The molecule has 1 saturated heterocycles. The number of benzene rings is 2. The maximum Gasteiger partial charge on any atom is 0.242 e. The summed E-state index contributed by atoms with van der Waals surface area (Å²) in [6.45, 7) is 2.67. The summed E-state index contributed by atoms with van der Waals surface area (Å²) in [7, 11) is -3.55. The second kappa shape index (κ2) is 8.21. The minimum atomic E-state index is -3.55. The number of aryl methyl sites for hydroxylation is 1. The van der Waals surface area contributed by atoms with Crippen molar-refractivity contribution < 1.29 is 8.42 Å². The third kappa shape index (κ3) is 4.75. The molecule has 0 aromatic heterocycles. The second-order valence-corrected chi connectivity index (χ2v) is 8.43. The van der Waals surface area contributed by atoms with E-state index in [0.29, 0.717) is 6.54 Å². The van der Waals surface area contributed by atoms with Crippen LogP contribution in [0.15, 0.2) is 53.4 Å². The van der Waals surface area contributed by atoms with Crippen molar-refractivity contribution in [1.29, 1.82) is 0 Å². The van der Waals surface area contributed by atoms with E-state index < -0.39 is 10.0 Å². The zero-order valence-electron chi connectivity index (χ0n) is 14.1. The standard InChI is InChI=1S/C19H23ClN2O2S/c20-18-7-1-2-8-19(18)25(23,24)21-13-5-6-16-9-11-17(12-10-16)22-14-3-4-15-22/h1-2,7-12,21H,3-6,13-15H2. The highest BCUT2D eigenvalue weighted by Gasteiger charge is 2.16. The number of nitrogens with zero attached hydrogens (tertiary/aromatic N) is 1. The first kappa shape index (κ1) is 18.2. The van der Waals surface area contributed by atoms with Crippen LogP contribution in [0.1, 0.15) is 24.8 Å². The van der Waals surface area contributed by atoms with Gasteiger partial charge in [-0.3, -0.25) is 0 Å². The molecule has 0 radical (unpaired) electrons. The first-order valence-corrected chi connectivity index (χ1v) is 10.5. The summed E-state index contributed by atoms with van der Waals surface area (Å²) in [5.41, 5.74) is 2.50. The molecule has 0 bridgehead atoms. The van der Waals surface area contributed by atoms with Crippen molar-refractivity contribution >= 4 is 27.3 Å². The predicted molar refractivity (Wildman–Crippen MR) is 103 cm³/mol. The highest BCUT2D eigenvalue weighted by Crippen LogP contribution is 2.21. The third-order valence-corrected chi connectivity index (χ3v) is 6.43. The van der Waals surface area contributed by atoms with Crippen LogP contribution < -0.4 is 9.62 Å². The molecule has 2 aromatic rings. The molecule has 4 nitrogen and oxygen atoms in total. The van der Waals surface area contributed by atoms with Gasteiger partial charge in [-0.2, -0.15) is 0 Å². The molecule has 3 rings (SSSR count). The molecule has 2 aromatic carbocycles. The van der Waals surface area contributed by atoms with Crippen molar-refractivity contribution in [2.75, 3.05) is 24.5 Å². The van der Waals surface area contributed by atoms with E-state index in [1.807, 2.05) is 0 Å². The fourth-order valence-electron chi connectivity index (χ4n) is 3.09. The number of halogens is 1. The van der Waals surface area contributed by atoms with Gasteiger partial charge >= 0.3 is 0 Å². The van der Waals surface area contributed by atoms with Gasteiger partial charge in [-0.25, -0.2) is 13.1 Å². The number of hydrogen-bond acceptors (Lipinski definition) is 3. The second-order valence-electron chi connectivity index (χ2n) is 6.29. The van der Waals surface area contributed by atoms with E-state index in [1.165, 1.54) is 30.2 Å². The van der Waals surface area contributed by atoms with Gasteiger partial charge in [-0.05, 0) is 55.5 Å². The van der Waals surface area contributed by atoms with Crippen molar-refractivity contribution in [3.8, 4) is 0 Å². The van der Waals surface area contributed by atoms with Crippen molar-refractivity contribution in [3.63, 3.8) is 0 Å². The Balaban J connectivity index is 1.49. The van der Waals surface area contributed by atoms with Crippen LogP contribution in [0.25, 0.3) is 0 Å². The Labute approximate surface area is 154 Å². The Bertz CT molecular complexity index is 800. The van der Waals surface area contributed by atoms with Gasteiger partial charge in [0.25, 0.3) is 0 Å². The fourth-order valence-corrected chi connectivity index (χ4v) is 4.68. The molecule has 0 spiro atoms. The SMILES string of the molecule is O=S(=O)(NCCCc1ccc(N2CCCC2)cc1)c1ccccc1Cl. The smallest absolute Gasteiger partial charge is 0.242 e. The number of sulfonamides is 1. The Morgan fingerprint density at radius 1 is 1.00 bits per heavy atom. The van der Waals surface area contributed by atoms with Gasteiger partial charge in [-0.15, -0.1) is 0 Å². The highest BCUT2D eigenvalue weighted by molar-refractivity contribution is 7.89. The van der Waals surface area contributed by atoms with Gasteiger partial charge < -0.3 is 4.90 Å². The Kier molecular flexibility index (Phi) is 5.99. The summed E-state index contributed by atoms with van der Waals surface area (Å²) < 4.78 is 27.1. The van der Waals surface area contributed by atoms with Crippen molar-refractivity contribution in [2.45, 2.75) is 30.6 Å². The van der Waals surface area contributed by atoms with Crippen LogP contribution in [0.2, 0.25) is 5.02 Å². The molecule has 0 unspecified atom stereocenters. The van der Waals surface area contributed by atoms with Crippen LogP contribution in [-0.4, -0.2) is 28.1 Å². The van der Waals surface area contributed by atoms with Crippen LogP contribution in [0.4, 0.5) is 5.69 Å². The summed E-state index contributed by atoms with van der Waals surface area (Å²) in [5, 5.41) is 0.243. The molecule has 134 valence electrons. The van der Waals surface area contributed by atoms with Crippen LogP contribution in [0.5, 0.6) is 0 Å². The molecule has 6 heteroatoms. The summed E-state index contributed by atoms with van der Waals surface area (Å²) in [6.07, 6.45) is 4.12. The number of rotatable bonds is 7. The molecule has 0 atom stereocenters. The van der Waals surface area contributed by atoms with E-state index in [-0.39, 0.29) is 9.92 Å². The molecular weight excluding hydrogens is 356 g/mol.